The van der Waals surface area contributed by atoms with E-state index in [4.69, 9.17) is 0 Å². The summed E-state index contributed by atoms with van der Waals surface area (Å²) < 4.78 is 26.3. The number of amides is 1. The maximum absolute atomic E-state index is 13.5. The van der Waals surface area contributed by atoms with E-state index < -0.39 is 23.1 Å². The first-order valence-corrected chi connectivity index (χ1v) is 5.72. The van der Waals surface area contributed by atoms with Gasteiger partial charge in [0.15, 0.2) is 0 Å². The molecule has 0 saturated carbocycles. The van der Waals surface area contributed by atoms with Crippen molar-refractivity contribution in [2.75, 3.05) is 7.05 Å². The van der Waals surface area contributed by atoms with Gasteiger partial charge in [-0.3, -0.25) is 9.59 Å². The summed E-state index contributed by atoms with van der Waals surface area (Å²) in [4.78, 5) is 24.1. The first-order chi connectivity index (χ1) is 9.47. The fraction of sp³-hybridized carbons (Fsp3) is 0.154. The quantitative estimate of drug-likeness (QED) is 0.921. The summed E-state index contributed by atoms with van der Waals surface area (Å²) in [6, 6.07) is 5.60. The Balaban J connectivity index is 2.15. The normalized spacial score (nSPS) is 10.3. The van der Waals surface area contributed by atoms with Crippen molar-refractivity contribution in [3.8, 4) is 0 Å². The molecule has 0 atom stereocenters. The molecule has 0 radical (unpaired) electrons. The zero-order chi connectivity index (χ0) is 14.7. The van der Waals surface area contributed by atoms with Crippen LogP contribution < -0.4 is 5.56 Å². The van der Waals surface area contributed by atoms with Gasteiger partial charge >= 0.3 is 0 Å². The van der Waals surface area contributed by atoms with Crippen molar-refractivity contribution in [3.63, 3.8) is 0 Å². The number of nitrogens with zero attached hydrogens (tertiary/aromatic N) is 2. The van der Waals surface area contributed by atoms with Crippen molar-refractivity contribution < 1.29 is 13.6 Å². The lowest BCUT2D eigenvalue weighted by Gasteiger charge is -2.16. The Morgan fingerprint density at radius 2 is 2.05 bits per heavy atom. The van der Waals surface area contributed by atoms with Crippen LogP contribution in [0.5, 0.6) is 0 Å². The molecule has 0 bridgehead atoms. The molecule has 5 nitrogen and oxygen atoms in total. The van der Waals surface area contributed by atoms with E-state index in [1.165, 1.54) is 30.1 Å². The molecule has 0 spiro atoms. The van der Waals surface area contributed by atoms with E-state index in [0.29, 0.717) is 0 Å². The first kappa shape index (κ1) is 13.9. The van der Waals surface area contributed by atoms with Crippen LogP contribution in [0.3, 0.4) is 0 Å². The van der Waals surface area contributed by atoms with Crippen molar-refractivity contribution >= 4 is 5.91 Å². The summed E-state index contributed by atoms with van der Waals surface area (Å²) >= 11 is 0. The number of carbonyl (C=O) groups excluding carboxylic acids is 1. The minimum absolute atomic E-state index is 0.0360. The summed E-state index contributed by atoms with van der Waals surface area (Å²) in [5.41, 5.74) is -0.199. The van der Waals surface area contributed by atoms with Crippen LogP contribution in [0.2, 0.25) is 0 Å². The minimum atomic E-state index is -0.723. The maximum Gasteiger partial charge on any atom is 0.274 e. The molecule has 7 heteroatoms. The summed E-state index contributed by atoms with van der Waals surface area (Å²) in [6.45, 7) is -0.0360. The minimum Gasteiger partial charge on any atom is -0.336 e. The predicted octanol–water partition coefficient (Wildman–Crippen LogP) is 1.32. The van der Waals surface area contributed by atoms with E-state index >= 15 is 0 Å². The summed E-state index contributed by atoms with van der Waals surface area (Å²) in [6.07, 6.45) is 0. The van der Waals surface area contributed by atoms with E-state index in [1.807, 2.05) is 0 Å². The summed E-state index contributed by atoms with van der Waals surface area (Å²) in [7, 11) is 1.46. The lowest BCUT2D eigenvalue weighted by molar-refractivity contribution is 0.0776. The zero-order valence-electron chi connectivity index (χ0n) is 10.6. The topological polar surface area (TPSA) is 66.1 Å². The highest BCUT2D eigenvalue weighted by atomic mass is 19.1. The zero-order valence-corrected chi connectivity index (χ0v) is 10.6. The van der Waals surface area contributed by atoms with Crippen molar-refractivity contribution in [2.45, 2.75) is 6.54 Å². The van der Waals surface area contributed by atoms with Crippen LogP contribution in [0.4, 0.5) is 8.78 Å². The van der Waals surface area contributed by atoms with Gasteiger partial charge < -0.3 is 4.90 Å². The van der Waals surface area contributed by atoms with Crippen LogP contribution in [0.25, 0.3) is 0 Å². The second-order valence-corrected chi connectivity index (χ2v) is 4.20. The highest BCUT2D eigenvalue weighted by Gasteiger charge is 2.15. The van der Waals surface area contributed by atoms with Crippen LogP contribution in [-0.2, 0) is 6.54 Å². The third kappa shape index (κ3) is 3.05. The molecule has 20 heavy (non-hydrogen) atoms. The molecule has 0 unspecified atom stereocenters. The molecule has 0 aliphatic heterocycles. The Morgan fingerprint density at radius 1 is 1.30 bits per heavy atom. The number of aromatic amines is 1. The van der Waals surface area contributed by atoms with Gasteiger partial charge in [-0.2, -0.15) is 5.10 Å². The Labute approximate surface area is 112 Å². The van der Waals surface area contributed by atoms with E-state index in [-0.39, 0.29) is 17.8 Å². The number of aromatic nitrogens is 2. The van der Waals surface area contributed by atoms with Gasteiger partial charge in [-0.05, 0) is 12.1 Å². The Bertz CT molecular complexity index is 680. The van der Waals surface area contributed by atoms with Gasteiger partial charge in [0.2, 0.25) is 0 Å². The molecule has 0 aliphatic rings. The smallest absolute Gasteiger partial charge is 0.274 e. The van der Waals surface area contributed by atoms with Crippen molar-refractivity contribution in [3.05, 3.63) is 63.6 Å². The van der Waals surface area contributed by atoms with E-state index in [2.05, 4.69) is 10.2 Å². The van der Waals surface area contributed by atoms with Crippen LogP contribution in [-0.4, -0.2) is 28.1 Å². The van der Waals surface area contributed by atoms with Crippen LogP contribution in [0, 0.1) is 11.6 Å². The second kappa shape index (κ2) is 5.60. The highest BCUT2D eigenvalue weighted by Crippen LogP contribution is 2.12. The molecular formula is C13H11F2N3O2. The van der Waals surface area contributed by atoms with Gasteiger partial charge in [0.1, 0.15) is 17.3 Å². The van der Waals surface area contributed by atoms with Gasteiger partial charge in [-0.15, -0.1) is 0 Å². The molecule has 0 fully saturated rings. The van der Waals surface area contributed by atoms with Crippen molar-refractivity contribution in [2.24, 2.45) is 0 Å². The molecule has 1 N–H and O–H groups in total. The van der Waals surface area contributed by atoms with Crippen LogP contribution in [0.1, 0.15) is 16.1 Å². The van der Waals surface area contributed by atoms with E-state index in [9.17, 15) is 18.4 Å². The van der Waals surface area contributed by atoms with Gasteiger partial charge in [-0.1, -0.05) is 6.07 Å². The average molecular weight is 279 g/mol. The Kier molecular flexibility index (Phi) is 3.88. The van der Waals surface area contributed by atoms with Crippen molar-refractivity contribution in [1.29, 1.82) is 0 Å². The van der Waals surface area contributed by atoms with Gasteiger partial charge in [0, 0.05) is 31.3 Å². The number of H-pyrrole nitrogens is 1. The molecule has 2 rings (SSSR count). The molecular weight excluding hydrogens is 268 g/mol. The summed E-state index contributed by atoms with van der Waals surface area (Å²) in [5, 5.41) is 5.74. The van der Waals surface area contributed by atoms with Gasteiger partial charge in [-0.25, -0.2) is 13.9 Å². The Morgan fingerprint density at radius 3 is 2.65 bits per heavy atom. The van der Waals surface area contributed by atoms with E-state index in [0.717, 1.165) is 12.1 Å². The fourth-order valence-electron chi connectivity index (χ4n) is 1.64. The molecule has 2 aromatic rings. The fourth-order valence-corrected chi connectivity index (χ4v) is 1.64. The number of rotatable bonds is 3. The predicted molar refractivity (Wildman–Crippen MR) is 67.0 cm³/mol. The number of benzene rings is 1. The van der Waals surface area contributed by atoms with Crippen molar-refractivity contribution in [1.82, 2.24) is 15.1 Å². The number of hydrogen-bond donors (Lipinski definition) is 1. The number of halogens is 2. The maximum atomic E-state index is 13.5. The Hall–Kier alpha value is -2.57. The average Bonchev–Trinajstić information content (AvgIpc) is 2.42. The third-order valence-electron chi connectivity index (χ3n) is 2.67. The monoisotopic (exact) mass is 279 g/mol. The van der Waals surface area contributed by atoms with Gasteiger partial charge in [0.25, 0.3) is 11.5 Å². The lowest BCUT2D eigenvalue weighted by Crippen LogP contribution is -2.28. The molecule has 1 aromatic carbocycles. The first-order valence-electron chi connectivity index (χ1n) is 5.72. The lowest BCUT2D eigenvalue weighted by atomic mass is 10.2. The standard InChI is InChI=1S/C13H11F2N3O2/c1-18(7-8-2-3-9(14)6-10(8)15)13(20)11-4-5-12(19)17-16-11/h2-6H,7H2,1H3,(H,17,19). The summed E-state index contributed by atoms with van der Waals surface area (Å²) in [5.74, 6) is -1.88. The molecule has 104 valence electrons. The van der Waals surface area contributed by atoms with Gasteiger partial charge in [0.05, 0.1) is 0 Å². The number of carbonyl (C=O) groups is 1. The second-order valence-electron chi connectivity index (χ2n) is 4.20. The molecule has 1 amide bonds. The highest BCUT2D eigenvalue weighted by molar-refractivity contribution is 5.91. The molecule has 1 heterocycles. The molecule has 1 aromatic heterocycles. The van der Waals surface area contributed by atoms with Crippen LogP contribution >= 0.6 is 0 Å². The number of hydrogen-bond acceptors (Lipinski definition) is 3. The molecule has 0 aliphatic carbocycles. The third-order valence-corrected chi connectivity index (χ3v) is 2.67. The SMILES string of the molecule is CN(Cc1ccc(F)cc1F)C(=O)c1ccc(=O)[nH]n1. The molecule has 0 saturated heterocycles. The van der Waals surface area contributed by atoms with Crippen LogP contribution in [0.15, 0.2) is 35.1 Å². The largest absolute Gasteiger partial charge is 0.336 e. The number of nitrogens with one attached hydrogen (secondary N) is 1. The van der Waals surface area contributed by atoms with E-state index in [1.54, 1.807) is 0 Å².